The van der Waals surface area contributed by atoms with E-state index >= 15 is 0 Å². The molecule has 1 saturated carbocycles. The third-order valence-electron chi connectivity index (χ3n) is 3.31. The van der Waals surface area contributed by atoms with Crippen LogP contribution in [0.25, 0.3) is 0 Å². The van der Waals surface area contributed by atoms with Crippen molar-refractivity contribution in [2.75, 3.05) is 5.75 Å². The van der Waals surface area contributed by atoms with E-state index in [2.05, 4.69) is 0 Å². The first kappa shape index (κ1) is 12.6. The van der Waals surface area contributed by atoms with E-state index < -0.39 is 9.84 Å². The van der Waals surface area contributed by atoms with Crippen molar-refractivity contribution in [2.45, 2.75) is 36.7 Å². The molecule has 1 N–H and O–H groups in total. The molecule has 1 aliphatic carbocycles. The fourth-order valence-electron chi connectivity index (χ4n) is 2.45. The van der Waals surface area contributed by atoms with Crippen LogP contribution in [-0.4, -0.2) is 25.4 Å². The standard InChI is InChI=1S/C13H18O3S/c14-12-6-4-5-11(9-12)10-17(15,16)13-7-2-1-3-8-13/h1-3,7-8,11-12,14H,4-6,9-10H2/t11-,12+/m1/s1. The highest BCUT2D eigenvalue weighted by atomic mass is 32.2. The summed E-state index contributed by atoms with van der Waals surface area (Å²) in [7, 11) is -3.19. The van der Waals surface area contributed by atoms with E-state index in [0.29, 0.717) is 11.3 Å². The van der Waals surface area contributed by atoms with Crippen LogP contribution < -0.4 is 0 Å². The second-order valence-electron chi connectivity index (χ2n) is 4.78. The lowest BCUT2D eigenvalue weighted by molar-refractivity contribution is 0.107. The Kier molecular flexibility index (Phi) is 3.84. The molecule has 2 rings (SSSR count). The molecule has 1 aromatic rings. The minimum Gasteiger partial charge on any atom is -0.393 e. The SMILES string of the molecule is O=S(=O)(C[C@@H]1CCC[C@H](O)C1)c1ccccc1. The minimum absolute atomic E-state index is 0.101. The first-order valence-corrected chi connectivity index (χ1v) is 7.69. The largest absolute Gasteiger partial charge is 0.393 e. The zero-order valence-electron chi connectivity index (χ0n) is 9.75. The number of hydrogen-bond acceptors (Lipinski definition) is 3. The topological polar surface area (TPSA) is 54.4 Å². The van der Waals surface area contributed by atoms with Crippen LogP contribution in [0.5, 0.6) is 0 Å². The van der Waals surface area contributed by atoms with Crippen LogP contribution in [0, 0.1) is 5.92 Å². The van der Waals surface area contributed by atoms with Gasteiger partial charge in [-0.3, -0.25) is 0 Å². The Bertz CT molecular complexity index is 453. The highest BCUT2D eigenvalue weighted by Crippen LogP contribution is 2.27. The summed E-state index contributed by atoms with van der Waals surface area (Å²) in [4.78, 5) is 0.389. The Morgan fingerprint density at radius 2 is 1.88 bits per heavy atom. The van der Waals surface area contributed by atoms with E-state index in [1.165, 1.54) is 0 Å². The van der Waals surface area contributed by atoms with Gasteiger partial charge in [-0.05, 0) is 37.3 Å². The first-order chi connectivity index (χ1) is 8.08. The lowest BCUT2D eigenvalue weighted by atomic mass is 9.89. The molecule has 0 amide bonds. The molecule has 0 heterocycles. The van der Waals surface area contributed by atoms with Crippen LogP contribution in [0.4, 0.5) is 0 Å². The maximum Gasteiger partial charge on any atom is 0.178 e. The van der Waals surface area contributed by atoms with Crippen molar-refractivity contribution in [1.82, 2.24) is 0 Å². The Hall–Kier alpha value is -0.870. The van der Waals surface area contributed by atoms with Gasteiger partial charge >= 0.3 is 0 Å². The van der Waals surface area contributed by atoms with E-state index in [-0.39, 0.29) is 17.8 Å². The number of hydrogen-bond donors (Lipinski definition) is 1. The number of sulfone groups is 1. The predicted molar refractivity (Wildman–Crippen MR) is 66.5 cm³/mol. The van der Waals surface area contributed by atoms with Gasteiger partial charge < -0.3 is 5.11 Å². The molecule has 0 aliphatic heterocycles. The van der Waals surface area contributed by atoms with Gasteiger partial charge in [-0.25, -0.2) is 8.42 Å². The van der Waals surface area contributed by atoms with Gasteiger partial charge in [0.1, 0.15) is 0 Å². The molecule has 0 radical (unpaired) electrons. The van der Waals surface area contributed by atoms with Gasteiger partial charge in [-0.2, -0.15) is 0 Å². The number of benzene rings is 1. The van der Waals surface area contributed by atoms with Crippen molar-refractivity contribution < 1.29 is 13.5 Å². The van der Waals surface area contributed by atoms with E-state index in [9.17, 15) is 13.5 Å². The Morgan fingerprint density at radius 1 is 1.18 bits per heavy atom. The molecule has 4 heteroatoms. The highest BCUT2D eigenvalue weighted by molar-refractivity contribution is 7.91. The molecule has 1 aromatic carbocycles. The van der Waals surface area contributed by atoms with Crippen LogP contribution in [0.15, 0.2) is 35.2 Å². The molecule has 0 bridgehead atoms. The van der Waals surface area contributed by atoms with Crippen LogP contribution in [-0.2, 0) is 9.84 Å². The molecule has 1 aliphatic rings. The molecular weight excluding hydrogens is 236 g/mol. The molecule has 0 saturated heterocycles. The Labute approximate surface area is 102 Å². The zero-order valence-corrected chi connectivity index (χ0v) is 10.6. The summed E-state index contributed by atoms with van der Waals surface area (Å²) in [6.07, 6.45) is 2.94. The minimum atomic E-state index is -3.19. The molecule has 0 unspecified atom stereocenters. The molecular formula is C13H18O3S. The summed E-state index contributed by atoms with van der Waals surface area (Å²) in [5.74, 6) is 0.262. The zero-order chi connectivity index (χ0) is 12.3. The van der Waals surface area contributed by atoms with E-state index in [4.69, 9.17) is 0 Å². The average Bonchev–Trinajstić information content (AvgIpc) is 2.29. The van der Waals surface area contributed by atoms with Crippen molar-refractivity contribution >= 4 is 9.84 Å². The summed E-state index contributed by atoms with van der Waals surface area (Å²) in [5.41, 5.74) is 0. The van der Waals surface area contributed by atoms with Gasteiger partial charge in [0.05, 0.1) is 16.8 Å². The number of rotatable bonds is 3. The van der Waals surface area contributed by atoms with Gasteiger partial charge in [-0.15, -0.1) is 0 Å². The molecule has 94 valence electrons. The summed E-state index contributed by atoms with van der Waals surface area (Å²) in [5, 5.41) is 9.55. The smallest absolute Gasteiger partial charge is 0.178 e. The van der Waals surface area contributed by atoms with Crippen molar-refractivity contribution in [2.24, 2.45) is 5.92 Å². The average molecular weight is 254 g/mol. The molecule has 0 spiro atoms. The second kappa shape index (κ2) is 5.19. The van der Waals surface area contributed by atoms with Crippen molar-refractivity contribution in [3.63, 3.8) is 0 Å². The van der Waals surface area contributed by atoms with Crippen molar-refractivity contribution in [3.05, 3.63) is 30.3 Å². The van der Waals surface area contributed by atoms with Gasteiger partial charge in [0.25, 0.3) is 0 Å². The molecule has 1 fully saturated rings. The molecule has 0 aromatic heterocycles. The molecule has 2 atom stereocenters. The number of aliphatic hydroxyl groups is 1. The monoisotopic (exact) mass is 254 g/mol. The lowest BCUT2D eigenvalue weighted by Gasteiger charge is -2.25. The second-order valence-corrected chi connectivity index (χ2v) is 6.82. The summed E-state index contributed by atoms with van der Waals surface area (Å²) >= 11 is 0. The lowest BCUT2D eigenvalue weighted by Crippen LogP contribution is -2.25. The Morgan fingerprint density at radius 3 is 2.53 bits per heavy atom. The quantitative estimate of drug-likeness (QED) is 0.897. The normalized spacial score (nSPS) is 25.7. The first-order valence-electron chi connectivity index (χ1n) is 6.04. The van der Waals surface area contributed by atoms with Gasteiger partial charge in [0, 0.05) is 0 Å². The summed E-state index contributed by atoms with van der Waals surface area (Å²) in [6, 6.07) is 8.55. The predicted octanol–water partition coefficient (Wildman–Crippen LogP) is 2.01. The highest BCUT2D eigenvalue weighted by Gasteiger charge is 2.26. The van der Waals surface area contributed by atoms with E-state index in [1.807, 2.05) is 6.07 Å². The third kappa shape index (κ3) is 3.30. The fourth-order valence-corrected chi connectivity index (χ4v) is 4.14. The number of aliphatic hydroxyl groups excluding tert-OH is 1. The van der Waals surface area contributed by atoms with Crippen LogP contribution in [0.1, 0.15) is 25.7 Å². The maximum atomic E-state index is 12.1. The van der Waals surface area contributed by atoms with Crippen LogP contribution >= 0.6 is 0 Å². The van der Waals surface area contributed by atoms with Crippen molar-refractivity contribution in [1.29, 1.82) is 0 Å². The van der Waals surface area contributed by atoms with Gasteiger partial charge in [-0.1, -0.05) is 24.6 Å². The van der Waals surface area contributed by atoms with Crippen molar-refractivity contribution in [3.8, 4) is 0 Å². The summed E-state index contributed by atoms with van der Waals surface area (Å²) < 4.78 is 24.3. The van der Waals surface area contributed by atoms with Crippen LogP contribution in [0.2, 0.25) is 0 Å². The maximum absolute atomic E-state index is 12.1. The molecule has 17 heavy (non-hydrogen) atoms. The summed E-state index contributed by atoms with van der Waals surface area (Å²) in [6.45, 7) is 0. The fraction of sp³-hybridized carbons (Fsp3) is 0.538. The van der Waals surface area contributed by atoms with E-state index in [0.717, 1.165) is 19.3 Å². The van der Waals surface area contributed by atoms with Gasteiger partial charge in [0.15, 0.2) is 9.84 Å². The molecule has 3 nitrogen and oxygen atoms in total. The van der Waals surface area contributed by atoms with Gasteiger partial charge in [0.2, 0.25) is 0 Å². The van der Waals surface area contributed by atoms with E-state index in [1.54, 1.807) is 24.3 Å². The third-order valence-corrected chi connectivity index (χ3v) is 5.21. The Balaban J connectivity index is 2.07. The van der Waals surface area contributed by atoms with Crippen LogP contribution in [0.3, 0.4) is 0 Å².